The molecule has 146 valence electrons. The summed E-state index contributed by atoms with van der Waals surface area (Å²) in [6.45, 7) is 5.96. The van der Waals surface area contributed by atoms with Crippen molar-refractivity contribution in [3.63, 3.8) is 0 Å². The second-order valence-corrected chi connectivity index (χ2v) is 7.75. The van der Waals surface area contributed by atoms with E-state index in [0.717, 1.165) is 12.0 Å². The molecule has 27 heavy (non-hydrogen) atoms. The van der Waals surface area contributed by atoms with Crippen LogP contribution in [0.1, 0.15) is 32.8 Å². The Morgan fingerprint density at radius 1 is 1.33 bits per heavy atom. The molecule has 0 aromatic heterocycles. The van der Waals surface area contributed by atoms with Gasteiger partial charge in [0, 0.05) is 6.54 Å². The minimum atomic E-state index is -0.448. The van der Waals surface area contributed by atoms with Crippen molar-refractivity contribution in [2.24, 2.45) is 0 Å². The van der Waals surface area contributed by atoms with Gasteiger partial charge in [-0.15, -0.1) is 0 Å². The molecule has 1 aromatic rings. The second kappa shape index (κ2) is 9.75. The van der Waals surface area contributed by atoms with Gasteiger partial charge in [-0.05, 0) is 44.0 Å². The van der Waals surface area contributed by atoms with E-state index in [2.05, 4.69) is 0 Å². The van der Waals surface area contributed by atoms with Crippen molar-refractivity contribution in [1.29, 1.82) is 0 Å². The Hall–Kier alpha value is -2.06. The lowest BCUT2D eigenvalue weighted by molar-refractivity contribution is -0.149. The largest absolute Gasteiger partial charge is 0.493 e. The molecule has 1 heterocycles. The molecule has 8 heteroatoms. The van der Waals surface area contributed by atoms with Crippen LogP contribution in [0.15, 0.2) is 23.1 Å². The van der Waals surface area contributed by atoms with E-state index in [1.807, 2.05) is 6.92 Å². The zero-order valence-electron chi connectivity index (χ0n) is 15.8. The number of carbonyl (C=O) groups is 2. The maximum atomic E-state index is 12.4. The van der Waals surface area contributed by atoms with Crippen LogP contribution in [0.2, 0.25) is 0 Å². The van der Waals surface area contributed by atoms with Gasteiger partial charge in [0.25, 0.3) is 5.91 Å². The van der Waals surface area contributed by atoms with Gasteiger partial charge < -0.3 is 14.2 Å². The molecule has 0 unspecified atom stereocenters. The molecule has 0 radical (unpaired) electrons. The third kappa shape index (κ3) is 5.71. The van der Waals surface area contributed by atoms with Gasteiger partial charge in [-0.2, -0.15) is 0 Å². The number of hydrogen-bond acceptors (Lipinski definition) is 7. The quantitative estimate of drug-likeness (QED) is 0.369. The maximum Gasteiger partial charge on any atom is 0.344 e. The van der Waals surface area contributed by atoms with Gasteiger partial charge in [-0.1, -0.05) is 37.0 Å². The molecule has 1 aromatic carbocycles. The Morgan fingerprint density at radius 3 is 2.70 bits per heavy atom. The number of nitrogens with zero attached hydrogens (tertiary/aromatic N) is 1. The minimum Gasteiger partial charge on any atom is -0.493 e. The molecule has 0 aliphatic carbocycles. The van der Waals surface area contributed by atoms with Crippen LogP contribution in [0, 0.1) is 0 Å². The van der Waals surface area contributed by atoms with E-state index in [1.165, 1.54) is 18.9 Å². The minimum absolute atomic E-state index is 0.0809. The monoisotopic (exact) mass is 409 g/mol. The number of rotatable bonds is 8. The van der Waals surface area contributed by atoms with Crippen LogP contribution in [-0.4, -0.2) is 47.5 Å². The fourth-order valence-corrected chi connectivity index (χ4v) is 3.70. The zero-order chi connectivity index (χ0) is 20.0. The number of thiocarbonyl (C=S) groups is 1. The smallest absolute Gasteiger partial charge is 0.344 e. The van der Waals surface area contributed by atoms with Crippen LogP contribution in [0.4, 0.5) is 0 Å². The highest BCUT2D eigenvalue weighted by Gasteiger charge is 2.31. The molecule has 1 aliphatic heterocycles. The Labute approximate surface area is 168 Å². The predicted octanol–water partition coefficient (Wildman–Crippen LogP) is 3.64. The Balaban J connectivity index is 2.13. The van der Waals surface area contributed by atoms with Crippen molar-refractivity contribution in [2.75, 3.05) is 20.3 Å². The summed E-state index contributed by atoms with van der Waals surface area (Å²) in [6.07, 6.45) is 2.42. The van der Waals surface area contributed by atoms with Crippen LogP contribution >= 0.6 is 24.0 Å². The van der Waals surface area contributed by atoms with Crippen LogP contribution in [-0.2, 0) is 14.3 Å². The van der Waals surface area contributed by atoms with E-state index in [9.17, 15) is 9.59 Å². The van der Waals surface area contributed by atoms with Crippen molar-refractivity contribution in [2.45, 2.75) is 33.3 Å². The van der Waals surface area contributed by atoms with Crippen molar-refractivity contribution < 1.29 is 23.8 Å². The second-order valence-electron chi connectivity index (χ2n) is 6.07. The summed E-state index contributed by atoms with van der Waals surface area (Å²) in [4.78, 5) is 26.2. The van der Waals surface area contributed by atoms with Gasteiger partial charge >= 0.3 is 5.97 Å². The lowest BCUT2D eigenvalue weighted by Crippen LogP contribution is -2.28. The highest BCUT2D eigenvalue weighted by atomic mass is 32.2. The molecule has 2 rings (SSSR count). The number of esters is 1. The van der Waals surface area contributed by atoms with Crippen molar-refractivity contribution in [1.82, 2.24) is 4.90 Å². The number of benzene rings is 1. The summed E-state index contributed by atoms with van der Waals surface area (Å²) >= 11 is 6.56. The highest BCUT2D eigenvalue weighted by Crippen LogP contribution is 2.34. The molecule has 0 spiro atoms. The maximum absolute atomic E-state index is 12.4. The topological polar surface area (TPSA) is 65.1 Å². The first kappa shape index (κ1) is 21.2. The fourth-order valence-electron chi connectivity index (χ4n) is 2.39. The van der Waals surface area contributed by atoms with E-state index in [0.29, 0.717) is 27.3 Å². The normalized spacial score (nSPS) is 15.6. The highest BCUT2D eigenvalue weighted by molar-refractivity contribution is 8.26. The number of hydrogen-bond donors (Lipinski definition) is 0. The standard InChI is InChI=1S/C19H23NO5S2/c1-5-8-20-18(22)16(27-19(20)26)10-13-6-7-14(15(9-13)23-4)24-11-17(21)25-12(2)3/h6-7,9-10,12H,5,8,11H2,1-4H3/b16-10+. The van der Waals surface area contributed by atoms with Crippen molar-refractivity contribution in [3.05, 3.63) is 28.7 Å². The van der Waals surface area contributed by atoms with E-state index in [4.69, 9.17) is 26.4 Å². The van der Waals surface area contributed by atoms with Crippen molar-refractivity contribution >= 4 is 46.3 Å². The number of amides is 1. The number of carbonyl (C=O) groups excluding carboxylic acids is 2. The van der Waals surface area contributed by atoms with E-state index in [-0.39, 0.29) is 18.6 Å². The summed E-state index contributed by atoms with van der Waals surface area (Å²) in [7, 11) is 1.51. The molecular formula is C19H23NO5S2. The summed E-state index contributed by atoms with van der Waals surface area (Å²) in [5.74, 6) is 0.359. The molecule has 0 atom stereocenters. The molecular weight excluding hydrogens is 386 g/mol. The lowest BCUT2D eigenvalue weighted by atomic mass is 10.2. The van der Waals surface area contributed by atoms with Crippen LogP contribution < -0.4 is 9.47 Å². The van der Waals surface area contributed by atoms with Gasteiger partial charge in [0.1, 0.15) is 4.32 Å². The van der Waals surface area contributed by atoms with Gasteiger partial charge in [-0.25, -0.2) is 4.79 Å². The summed E-state index contributed by atoms with van der Waals surface area (Å²) in [5, 5.41) is 0. The summed E-state index contributed by atoms with van der Waals surface area (Å²) in [5.41, 5.74) is 0.779. The summed E-state index contributed by atoms with van der Waals surface area (Å²) < 4.78 is 16.4. The zero-order valence-corrected chi connectivity index (χ0v) is 17.4. The number of methoxy groups -OCH3 is 1. The fraction of sp³-hybridized carbons (Fsp3) is 0.421. The Kier molecular flexibility index (Phi) is 7.67. The average molecular weight is 410 g/mol. The molecule has 1 fully saturated rings. The predicted molar refractivity (Wildman–Crippen MR) is 110 cm³/mol. The molecule has 1 amide bonds. The molecule has 0 saturated carbocycles. The molecule has 6 nitrogen and oxygen atoms in total. The molecule has 1 saturated heterocycles. The van der Waals surface area contributed by atoms with Crippen LogP contribution in [0.3, 0.4) is 0 Å². The first-order valence-electron chi connectivity index (χ1n) is 8.61. The van der Waals surface area contributed by atoms with E-state index in [1.54, 1.807) is 43.0 Å². The molecule has 0 N–H and O–H groups in total. The average Bonchev–Trinajstić information content (AvgIpc) is 2.87. The Bertz CT molecular complexity index is 760. The first-order chi connectivity index (χ1) is 12.8. The van der Waals surface area contributed by atoms with Crippen LogP contribution in [0.25, 0.3) is 6.08 Å². The van der Waals surface area contributed by atoms with Crippen LogP contribution in [0.5, 0.6) is 11.5 Å². The van der Waals surface area contributed by atoms with E-state index < -0.39 is 5.97 Å². The van der Waals surface area contributed by atoms with Gasteiger partial charge in [0.2, 0.25) is 0 Å². The van der Waals surface area contributed by atoms with Gasteiger partial charge in [0.05, 0.1) is 18.1 Å². The third-order valence-corrected chi connectivity index (χ3v) is 4.90. The SMILES string of the molecule is CCCN1C(=O)/C(=C\c2ccc(OCC(=O)OC(C)C)c(OC)c2)SC1=S. The van der Waals surface area contributed by atoms with Gasteiger partial charge in [0.15, 0.2) is 18.1 Å². The Morgan fingerprint density at radius 2 is 2.07 bits per heavy atom. The van der Waals surface area contributed by atoms with Gasteiger partial charge in [-0.3, -0.25) is 9.69 Å². The number of thioether (sulfide) groups is 1. The first-order valence-corrected chi connectivity index (χ1v) is 9.83. The third-order valence-electron chi connectivity index (χ3n) is 3.52. The van der Waals surface area contributed by atoms with Crippen molar-refractivity contribution in [3.8, 4) is 11.5 Å². The lowest BCUT2D eigenvalue weighted by Gasteiger charge is -2.13. The van der Waals surface area contributed by atoms with E-state index >= 15 is 0 Å². The number of ether oxygens (including phenoxy) is 3. The molecule has 0 bridgehead atoms. The molecule has 1 aliphatic rings. The summed E-state index contributed by atoms with van der Waals surface area (Å²) in [6, 6.07) is 5.23.